The molecule has 0 radical (unpaired) electrons. The summed E-state index contributed by atoms with van der Waals surface area (Å²) in [6, 6.07) is 7.53. The number of ether oxygens (including phenoxy) is 1. The Labute approximate surface area is 138 Å². The molecular formula is C18H16BrNO2. The maximum absolute atomic E-state index is 12.7. The van der Waals surface area contributed by atoms with Gasteiger partial charge in [0.15, 0.2) is 0 Å². The molecule has 1 heterocycles. The van der Waals surface area contributed by atoms with Crippen molar-refractivity contribution in [1.29, 1.82) is 0 Å². The number of nitrogens with zero attached hydrogens (tertiary/aromatic N) is 1. The Morgan fingerprint density at radius 1 is 1.14 bits per heavy atom. The van der Waals surface area contributed by atoms with Gasteiger partial charge in [0, 0.05) is 15.7 Å². The summed E-state index contributed by atoms with van der Waals surface area (Å²) < 4.78 is 6.17. The molecule has 112 valence electrons. The number of amides is 1. The lowest BCUT2D eigenvalue weighted by molar-refractivity contribution is -0.120. The Balaban J connectivity index is 2.11. The molecule has 1 amide bonds. The molecule has 1 aliphatic heterocycles. The number of fused-ring (bicyclic) bond motifs is 1. The van der Waals surface area contributed by atoms with Gasteiger partial charge < -0.3 is 4.74 Å². The minimum absolute atomic E-state index is 0.0655. The second-order valence-electron chi connectivity index (χ2n) is 5.19. The van der Waals surface area contributed by atoms with Gasteiger partial charge in [-0.25, -0.2) is 0 Å². The number of benzene rings is 1. The number of methoxy groups -OCH3 is 1. The summed E-state index contributed by atoms with van der Waals surface area (Å²) in [6.45, 7) is 1.92. The van der Waals surface area contributed by atoms with Crippen LogP contribution in [-0.4, -0.2) is 13.0 Å². The normalized spacial score (nSPS) is 20.7. The van der Waals surface area contributed by atoms with Crippen LogP contribution in [-0.2, 0) is 4.79 Å². The van der Waals surface area contributed by atoms with Crippen LogP contribution in [0.4, 0.5) is 5.69 Å². The molecule has 4 heteroatoms. The number of hydrogen-bond acceptors (Lipinski definition) is 2. The molecule has 1 atom stereocenters. The summed E-state index contributed by atoms with van der Waals surface area (Å²) in [6.07, 6.45) is 9.85. The summed E-state index contributed by atoms with van der Waals surface area (Å²) >= 11 is 3.59. The van der Waals surface area contributed by atoms with Crippen molar-refractivity contribution >= 4 is 27.5 Å². The molecule has 1 aliphatic carbocycles. The lowest BCUT2D eigenvalue weighted by Crippen LogP contribution is -2.38. The van der Waals surface area contributed by atoms with E-state index in [-0.39, 0.29) is 11.8 Å². The Morgan fingerprint density at radius 3 is 2.50 bits per heavy atom. The van der Waals surface area contributed by atoms with Crippen molar-refractivity contribution < 1.29 is 9.53 Å². The van der Waals surface area contributed by atoms with Crippen molar-refractivity contribution in [2.45, 2.75) is 6.92 Å². The molecule has 0 fully saturated rings. The van der Waals surface area contributed by atoms with Crippen LogP contribution in [0, 0.1) is 5.92 Å². The molecule has 3 nitrogen and oxygen atoms in total. The van der Waals surface area contributed by atoms with E-state index in [4.69, 9.17) is 4.74 Å². The van der Waals surface area contributed by atoms with Crippen LogP contribution in [0.2, 0.25) is 0 Å². The first kappa shape index (κ1) is 14.9. The van der Waals surface area contributed by atoms with Gasteiger partial charge in [0.1, 0.15) is 5.75 Å². The highest BCUT2D eigenvalue weighted by atomic mass is 79.9. The van der Waals surface area contributed by atoms with Gasteiger partial charge in [-0.15, -0.1) is 0 Å². The zero-order chi connectivity index (χ0) is 15.7. The van der Waals surface area contributed by atoms with E-state index in [1.807, 2.05) is 61.6 Å². The average molecular weight is 358 g/mol. The molecule has 1 aromatic carbocycles. The predicted octanol–water partition coefficient (Wildman–Crippen LogP) is 4.34. The van der Waals surface area contributed by atoms with Crippen LogP contribution in [0.1, 0.15) is 6.92 Å². The topological polar surface area (TPSA) is 29.5 Å². The lowest BCUT2D eigenvalue weighted by Gasteiger charge is -2.33. The van der Waals surface area contributed by atoms with E-state index in [0.717, 1.165) is 27.2 Å². The fourth-order valence-corrected chi connectivity index (χ4v) is 3.08. The molecule has 0 spiro atoms. The highest BCUT2D eigenvalue weighted by molar-refractivity contribution is 9.12. The largest absolute Gasteiger partial charge is 0.497 e. The smallest absolute Gasteiger partial charge is 0.238 e. The molecule has 0 saturated heterocycles. The fraction of sp³-hybridized carbons (Fsp3) is 0.167. The zero-order valence-electron chi connectivity index (χ0n) is 12.4. The van der Waals surface area contributed by atoms with Gasteiger partial charge in [-0.1, -0.05) is 41.1 Å². The molecule has 0 saturated carbocycles. The van der Waals surface area contributed by atoms with Crippen molar-refractivity contribution in [1.82, 2.24) is 0 Å². The van der Waals surface area contributed by atoms with Crippen molar-refractivity contribution in [3.05, 3.63) is 70.4 Å². The number of hydrogen-bond donors (Lipinski definition) is 0. The second kappa shape index (κ2) is 5.97. The Morgan fingerprint density at radius 2 is 1.82 bits per heavy atom. The quantitative estimate of drug-likeness (QED) is 0.787. The maximum Gasteiger partial charge on any atom is 0.238 e. The maximum atomic E-state index is 12.7. The fourth-order valence-electron chi connectivity index (χ4n) is 2.59. The minimum atomic E-state index is -0.173. The van der Waals surface area contributed by atoms with E-state index >= 15 is 0 Å². The summed E-state index contributed by atoms with van der Waals surface area (Å²) in [4.78, 5) is 14.5. The third-order valence-electron chi connectivity index (χ3n) is 3.74. The second-order valence-corrected chi connectivity index (χ2v) is 6.05. The van der Waals surface area contributed by atoms with Crippen LogP contribution in [0.3, 0.4) is 0 Å². The van der Waals surface area contributed by atoms with Crippen molar-refractivity contribution in [3.63, 3.8) is 0 Å². The van der Waals surface area contributed by atoms with E-state index < -0.39 is 0 Å². The first-order valence-corrected chi connectivity index (χ1v) is 7.86. The Kier molecular flexibility index (Phi) is 4.03. The van der Waals surface area contributed by atoms with Crippen LogP contribution in [0.15, 0.2) is 70.4 Å². The molecular weight excluding hydrogens is 342 g/mol. The van der Waals surface area contributed by atoms with Crippen LogP contribution >= 0.6 is 15.9 Å². The summed E-state index contributed by atoms with van der Waals surface area (Å²) in [7, 11) is 1.63. The van der Waals surface area contributed by atoms with E-state index in [1.165, 1.54) is 0 Å². The molecule has 0 N–H and O–H groups in total. The first-order valence-electron chi connectivity index (χ1n) is 7.06. The number of carbonyl (C=O) groups excluding carboxylic acids is 1. The standard InChI is InChI=1S/C18H16BrNO2/c1-12-11-15-16(19)5-3-4-6-17(15)20(18(12)21)13-7-9-14(22-2)10-8-13/h3-12H,1-2H3. The summed E-state index contributed by atoms with van der Waals surface area (Å²) in [5.41, 5.74) is 2.75. The highest BCUT2D eigenvalue weighted by Gasteiger charge is 2.32. The Hall–Kier alpha value is -2.07. The molecule has 0 aromatic heterocycles. The van der Waals surface area contributed by atoms with Crippen molar-refractivity contribution in [2.24, 2.45) is 5.92 Å². The van der Waals surface area contributed by atoms with Crippen molar-refractivity contribution in [2.75, 3.05) is 12.0 Å². The van der Waals surface area contributed by atoms with E-state index in [2.05, 4.69) is 15.9 Å². The number of anilines is 1. The minimum Gasteiger partial charge on any atom is -0.497 e. The zero-order valence-corrected chi connectivity index (χ0v) is 14.0. The Bertz CT molecular complexity index is 726. The molecule has 1 aromatic rings. The molecule has 22 heavy (non-hydrogen) atoms. The van der Waals surface area contributed by atoms with E-state index in [1.54, 1.807) is 12.0 Å². The average Bonchev–Trinajstić information content (AvgIpc) is 2.71. The van der Waals surface area contributed by atoms with Gasteiger partial charge in [-0.3, -0.25) is 9.69 Å². The monoisotopic (exact) mass is 357 g/mol. The predicted molar refractivity (Wildman–Crippen MR) is 92.0 cm³/mol. The lowest BCUT2D eigenvalue weighted by atomic mass is 9.96. The van der Waals surface area contributed by atoms with Crippen LogP contribution in [0.5, 0.6) is 5.75 Å². The van der Waals surface area contributed by atoms with Gasteiger partial charge in [0.25, 0.3) is 0 Å². The number of carbonyl (C=O) groups is 1. The third-order valence-corrected chi connectivity index (χ3v) is 4.43. The summed E-state index contributed by atoms with van der Waals surface area (Å²) in [5.74, 6) is 0.664. The van der Waals surface area contributed by atoms with Gasteiger partial charge in [-0.2, -0.15) is 0 Å². The van der Waals surface area contributed by atoms with Crippen LogP contribution < -0.4 is 9.64 Å². The van der Waals surface area contributed by atoms with Gasteiger partial charge in [-0.05, 0) is 36.4 Å². The third kappa shape index (κ3) is 2.55. The highest BCUT2D eigenvalue weighted by Crippen LogP contribution is 2.38. The summed E-state index contributed by atoms with van der Waals surface area (Å²) in [5, 5.41) is 0. The van der Waals surface area contributed by atoms with E-state index in [0.29, 0.717) is 0 Å². The van der Waals surface area contributed by atoms with Crippen molar-refractivity contribution in [3.8, 4) is 5.75 Å². The molecule has 2 aliphatic rings. The van der Waals surface area contributed by atoms with E-state index in [9.17, 15) is 4.79 Å². The number of rotatable bonds is 2. The number of allylic oxidation sites excluding steroid dienone is 5. The van der Waals surface area contributed by atoms with Gasteiger partial charge >= 0.3 is 0 Å². The molecule has 1 unspecified atom stereocenters. The van der Waals surface area contributed by atoms with Gasteiger partial charge in [0.2, 0.25) is 5.91 Å². The first-order chi connectivity index (χ1) is 10.6. The SMILES string of the molecule is COc1ccc(N2C(=O)C(C)C=C3C(Br)=CC=CC=C32)cc1. The van der Waals surface area contributed by atoms with Gasteiger partial charge in [0.05, 0.1) is 18.7 Å². The number of halogens is 1. The molecule has 0 bridgehead atoms. The van der Waals surface area contributed by atoms with Crippen LogP contribution in [0.25, 0.3) is 0 Å². The molecule has 3 rings (SSSR count).